The number of aromatic nitrogens is 1. The van der Waals surface area contributed by atoms with Gasteiger partial charge in [-0.1, -0.05) is 46.1 Å². The smallest absolute Gasteiger partial charge is 0.268 e. The van der Waals surface area contributed by atoms with E-state index in [9.17, 15) is 24.0 Å². The van der Waals surface area contributed by atoms with E-state index in [0.29, 0.717) is 31.0 Å². The number of piperidine rings is 1. The highest BCUT2D eigenvalue weighted by Gasteiger charge is 2.53. The Bertz CT molecular complexity index is 1500. The van der Waals surface area contributed by atoms with Gasteiger partial charge in [0.25, 0.3) is 5.91 Å². The number of hydrogen-bond donors (Lipinski definition) is 4. The summed E-state index contributed by atoms with van der Waals surface area (Å²) in [6.07, 6.45) is 6.12. The van der Waals surface area contributed by atoms with E-state index in [1.54, 1.807) is 18.1 Å². The number of carbonyl (C=O) groups excluding carboxylic acids is 5. The van der Waals surface area contributed by atoms with Gasteiger partial charge in [0.1, 0.15) is 23.5 Å². The van der Waals surface area contributed by atoms with Crippen LogP contribution >= 0.6 is 11.6 Å². The Hall–Kier alpha value is -3.60. The zero-order valence-electron chi connectivity index (χ0n) is 27.8. The van der Waals surface area contributed by atoms with Crippen LogP contribution in [0.15, 0.2) is 24.3 Å². The average molecular weight is 670 g/mol. The van der Waals surface area contributed by atoms with Crippen molar-refractivity contribution in [2.45, 2.75) is 90.3 Å². The van der Waals surface area contributed by atoms with Crippen LogP contribution in [0.2, 0.25) is 0 Å². The molecule has 1 aliphatic carbocycles. The molecule has 4 amide bonds. The van der Waals surface area contributed by atoms with Crippen molar-refractivity contribution in [2.24, 2.45) is 23.2 Å². The molecule has 1 saturated carbocycles. The summed E-state index contributed by atoms with van der Waals surface area (Å²) in [7, 11) is 1.57. The van der Waals surface area contributed by atoms with E-state index in [0.717, 1.165) is 49.4 Å². The zero-order valence-corrected chi connectivity index (χ0v) is 28.6. The minimum Gasteiger partial charge on any atom is -0.496 e. The number of alkyl halides is 1. The summed E-state index contributed by atoms with van der Waals surface area (Å²) in [5.41, 5.74) is 0.427. The predicted molar refractivity (Wildman–Crippen MR) is 179 cm³/mol. The summed E-state index contributed by atoms with van der Waals surface area (Å²) >= 11 is 5.96. The number of Topliss-reactive ketones (excluding diaryl/α,β-unsaturated/α-hetero) is 1. The fourth-order valence-corrected chi connectivity index (χ4v) is 7.82. The molecule has 1 aromatic carbocycles. The van der Waals surface area contributed by atoms with Gasteiger partial charge in [-0.25, -0.2) is 0 Å². The number of benzene rings is 1. The number of hydrogen-bond acceptors (Lipinski definition) is 6. The number of amides is 4. The van der Waals surface area contributed by atoms with Gasteiger partial charge < -0.3 is 30.6 Å². The van der Waals surface area contributed by atoms with Crippen molar-refractivity contribution in [2.75, 3.05) is 26.1 Å². The summed E-state index contributed by atoms with van der Waals surface area (Å²) < 4.78 is 5.46. The Balaban J connectivity index is 1.41. The lowest BCUT2D eigenvalue weighted by molar-refractivity contribution is -0.144. The van der Waals surface area contributed by atoms with Crippen LogP contribution in [0.25, 0.3) is 10.9 Å². The maximum atomic E-state index is 14.6. The van der Waals surface area contributed by atoms with Crippen molar-refractivity contribution < 1.29 is 28.7 Å². The summed E-state index contributed by atoms with van der Waals surface area (Å²) in [6, 6.07) is 4.56. The first kappa shape index (κ1) is 34.7. The SMILES string of the molecule is COc1cccc2[nH]c(C(=O)N[C@H](C(=O)N3C[C@@H](C)C(C)(C)[C@H]3C(=O)N[C@@H](C[C@@H]3CCCNC3=O)C(=O)CCl)C3CCCCC3)cc12. The number of nitrogens with zero attached hydrogens (tertiary/aromatic N) is 1. The number of fused-ring (bicyclic) bond motifs is 1. The molecule has 0 radical (unpaired) electrons. The molecule has 1 aromatic heterocycles. The largest absolute Gasteiger partial charge is 0.496 e. The number of H-pyrrole nitrogens is 1. The van der Waals surface area contributed by atoms with Crippen LogP contribution in [-0.2, 0) is 19.2 Å². The van der Waals surface area contributed by atoms with Gasteiger partial charge in [-0.05, 0) is 67.6 Å². The molecule has 3 heterocycles. The second-order valence-corrected chi connectivity index (χ2v) is 14.4. The molecule has 4 N–H and O–H groups in total. The zero-order chi connectivity index (χ0) is 33.9. The first-order valence-electron chi connectivity index (χ1n) is 16.9. The maximum Gasteiger partial charge on any atom is 0.268 e. The van der Waals surface area contributed by atoms with E-state index in [1.807, 2.05) is 39.0 Å². The van der Waals surface area contributed by atoms with Gasteiger partial charge in [0.15, 0.2) is 5.78 Å². The maximum absolute atomic E-state index is 14.6. The van der Waals surface area contributed by atoms with E-state index in [2.05, 4.69) is 20.9 Å². The Morgan fingerprint density at radius 2 is 1.83 bits per heavy atom. The summed E-state index contributed by atoms with van der Waals surface area (Å²) in [5, 5.41) is 9.55. The number of rotatable bonds is 11. The van der Waals surface area contributed by atoms with Gasteiger partial charge in [0.05, 0.1) is 19.0 Å². The van der Waals surface area contributed by atoms with Crippen molar-refractivity contribution in [3.05, 3.63) is 30.0 Å². The Morgan fingerprint density at radius 1 is 1.09 bits per heavy atom. The predicted octanol–water partition coefficient (Wildman–Crippen LogP) is 3.94. The number of carbonyl (C=O) groups is 5. The van der Waals surface area contributed by atoms with Crippen LogP contribution in [0, 0.1) is 23.2 Å². The van der Waals surface area contributed by atoms with Crippen molar-refractivity contribution in [1.82, 2.24) is 25.8 Å². The fraction of sp³-hybridized carbons (Fsp3) is 0.629. The number of halogens is 1. The first-order chi connectivity index (χ1) is 22.5. The van der Waals surface area contributed by atoms with Gasteiger partial charge >= 0.3 is 0 Å². The molecule has 3 aliphatic rings. The highest BCUT2D eigenvalue weighted by atomic mass is 35.5. The molecule has 2 aliphatic heterocycles. The molecule has 2 saturated heterocycles. The van der Waals surface area contributed by atoms with Gasteiger partial charge in [0.2, 0.25) is 17.7 Å². The summed E-state index contributed by atoms with van der Waals surface area (Å²) in [4.78, 5) is 72.8. The molecule has 3 fully saturated rings. The van der Waals surface area contributed by atoms with E-state index in [-0.39, 0.29) is 41.7 Å². The van der Waals surface area contributed by atoms with Crippen molar-refractivity contribution >= 4 is 51.9 Å². The Kier molecular flexibility index (Phi) is 10.8. The summed E-state index contributed by atoms with van der Waals surface area (Å²) in [5.74, 6) is -1.88. The molecular weight excluding hydrogens is 622 g/mol. The third-order valence-electron chi connectivity index (χ3n) is 10.8. The standard InChI is InChI=1S/C35H48ClN5O6/c1-20-19-41(30(35(20,2)3)33(45)39-25(27(42)18-36)16-22-12-9-15-37-31(22)43)34(46)29(21-10-6-5-7-11-21)40-32(44)26-17-23-24(38-26)13-8-14-28(23)47-4/h8,13-14,17,20-22,25,29-30,38H,5-7,9-12,15-16,18-19H2,1-4H3,(H,37,43)(H,39,45)(H,40,44)/t20-,22+,25+,29+,30-/m1/s1. The number of nitrogens with one attached hydrogen (secondary N) is 4. The van der Waals surface area contributed by atoms with E-state index in [4.69, 9.17) is 16.3 Å². The molecule has 5 rings (SSSR count). The van der Waals surface area contributed by atoms with E-state index >= 15 is 0 Å². The Labute approximate surface area is 281 Å². The number of methoxy groups -OCH3 is 1. The highest BCUT2D eigenvalue weighted by Crippen LogP contribution is 2.42. The molecule has 0 unspecified atom stereocenters. The van der Waals surface area contributed by atoms with Crippen LogP contribution in [0.3, 0.4) is 0 Å². The number of likely N-dealkylation sites (tertiary alicyclic amines) is 1. The lowest BCUT2D eigenvalue weighted by Gasteiger charge is -2.37. The van der Waals surface area contributed by atoms with Crippen LogP contribution in [-0.4, -0.2) is 83.5 Å². The summed E-state index contributed by atoms with van der Waals surface area (Å²) in [6.45, 7) is 6.83. The molecule has 47 heavy (non-hydrogen) atoms. The lowest BCUT2D eigenvalue weighted by Crippen LogP contribution is -2.59. The van der Waals surface area contributed by atoms with E-state index in [1.165, 1.54) is 0 Å². The first-order valence-corrected chi connectivity index (χ1v) is 17.4. The molecule has 11 nitrogen and oxygen atoms in total. The van der Waals surface area contributed by atoms with Gasteiger partial charge in [0, 0.05) is 29.9 Å². The Morgan fingerprint density at radius 3 is 2.51 bits per heavy atom. The van der Waals surface area contributed by atoms with Crippen molar-refractivity contribution in [1.29, 1.82) is 0 Å². The second kappa shape index (κ2) is 14.7. The topological polar surface area (TPSA) is 150 Å². The third-order valence-corrected chi connectivity index (χ3v) is 11.1. The fourth-order valence-electron chi connectivity index (χ4n) is 7.64. The quantitative estimate of drug-likeness (QED) is 0.266. The molecule has 12 heteroatoms. The number of ketones is 1. The van der Waals surface area contributed by atoms with Crippen LogP contribution in [0.5, 0.6) is 5.75 Å². The van der Waals surface area contributed by atoms with Crippen molar-refractivity contribution in [3.8, 4) is 5.75 Å². The second-order valence-electron chi connectivity index (χ2n) is 14.1. The minimum absolute atomic E-state index is 0.0441. The molecule has 0 bridgehead atoms. The molecule has 5 atom stereocenters. The number of ether oxygens (including phenoxy) is 1. The third kappa shape index (κ3) is 7.29. The van der Waals surface area contributed by atoms with Gasteiger partial charge in [-0.2, -0.15) is 0 Å². The monoisotopic (exact) mass is 669 g/mol. The van der Waals surface area contributed by atoms with Gasteiger partial charge in [-0.15, -0.1) is 11.6 Å². The highest BCUT2D eigenvalue weighted by molar-refractivity contribution is 6.28. The van der Waals surface area contributed by atoms with Crippen LogP contribution in [0.4, 0.5) is 0 Å². The normalized spacial score (nSPS) is 24.3. The molecule has 256 valence electrons. The van der Waals surface area contributed by atoms with Crippen LogP contribution in [0.1, 0.15) is 82.6 Å². The van der Waals surface area contributed by atoms with Gasteiger partial charge in [-0.3, -0.25) is 24.0 Å². The average Bonchev–Trinajstić information content (AvgIpc) is 3.61. The molecular formula is C35H48ClN5O6. The van der Waals surface area contributed by atoms with Crippen molar-refractivity contribution in [3.63, 3.8) is 0 Å². The minimum atomic E-state index is -0.953. The molecule has 0 spiro atoms. The van der Waals surface area contributed by atoms with E-state index < -0.39 is 41.3 Å². The lowest BCUT2D eigenvalue weighted by atomic mass is 9.77. The van der Waals surface area contributed by atoms with Crippen LogP contribution < -0.4 is 20.7 Å². The number of aromatic amines is 1. The molecule has 2 aromatic rings.